The maximum Gasteiger partial charge on any atom is 0.335 e. The lowest BCUT2D eigenvalue weighted by molar-refractivity contribution is -0.359. The lowest BCUT2D eigenvalue weighted by atomic mass is 9.97. The summed E-state index contributed by atoms with van der Waals surface area (Å²) in [5.41, 5.74) is -0.856. The van der Waals surface area contributed by atoms with Crippen LogP contribution in [0.5, 0.6) is 23.0 Å². The van der Waals surface area contributed by atoms with Gasteiger partial charge in [-0.05, 0) is 25.1 Å². The molecule has 0 spiro atoms. The minimum Gasteiger partial charge on any atom is -0.507 e. The van der Waals surface area contributed by atoms with Crippen LogP contribution in [-0.2, 0) is 28.5 Å². The fraction of sp³-hybridized carbons (Fsp3) is 0.515. The third-order valence-electron chi connectivity index (χ3n) is 9.28. The molecule has 0 saturated carbocycles. The average Bonchev–Trinajstić information content (AvgIpc) is 3.12. The number of carboxylic acid groups (broad SMARTS) is 1. The summed E-state index contributed by atoms with van der Waals surface area (Å²) >= 11 is 0. The molecule has 0 bridgehead atoms. The second-order valence-electron chi connectivity index (χ2n) is 13.0. The van der Waals surface area contributed by atoms with Crippen molar-refractivity contribution in [2.24, 2.45) is 0 Å². The molecule has 2 aromatic carbocycles. The maximum absolute atomic E-state index is 13.0. The van der Waals surface area contributed by atoms with Gasteiger partial charge in [0.05, 0.1) is 12.7 Å². The molecule has 21 heteroatoms. The van der Waals surface area contributed by atoms with Crippen LogP contribution in [0.25, 0.3) is 22.3 Å². The van der Waals surface area contributed by atoms with Crippen LogP contribution in [0.15, 0.2) is 45.6 Å². The van der Waals surface area contributed by atoms with Gasteiger partial charge >= 0.3 is 5.97 Å². The molecule has 0 aliphatic carbocycles. The molecule has 3 saturated heterocycles. The predicted molar refractivity (Wildman–Crippen MR) is 172 cm³/mol. The summed E-state index contributed by atoms with van der Waals surface area (Å²) in [7, 11) is 0. The van der Waals surface area contributed by atoms with Crippen molar-refractivity contribution < 1.29 is 98.9 Å². The molecule has 0 radical (unpaired) electrons. The van der Waals surface area contributed by atoms with Crippen molar-refractivity contribution in [3.63, 3.8) is 0 Å². The monoisotopic (exact) mass is 770 g/mol. The zero-order valence-electron chi connectivity index (χ0n) is 27.9. The number of fused-ring (bicyclic) bond motifs is 1. The molecule has 21 nitrogen and oxygen atoms in total. The molecule has 3 aromatic rings. The normalized spacial score (nSPS) is 37.2. The highest BCUT2D eigenvalue weighted by atomic mass is 16.8. The Morgan fingerprint density at radius 3 is 2.07 bits per heavy atom. The highest BCUT2D eigenvalue weighted by Gasteiger charge is 2.53. The van der Waals surface area contributed by atoms with E-state index in [0.29, 0.717) is 0 Å². The number of rotatable bonds is 9. The first-order valence-corrected chi connectivity index (χ1v) is 16.4. The van der Waals surface area contributed by atoms with Gasteiger partial charge in [0.15, 0.2) is 41.7 Å². The minimum absolute atomic E-state index is 0.110. The van der Waals surface area contributed by atoms with Crippen molar-refractivity contribution in [1.82, 2.24) is 0 Å². The standard InChI is InChI=1S/C33H38O21/c1-9-20(38)22(40)26(44)31(49-9)48-8-18-21(39)24(42)29(54-32-27(45)23(41)25(43)28(53-32)30(46)47)33(52-18)50-11-5-14(36)19-15(37)7-16(51-17(19)6-11)10-2-3-12(34)13(35)4-10/h2-7,9,18,20-29,31-36,38-45H,8H2,1H3,(H,46,47). The highest BCUT2D eigenvalue weighted by Crippen LogP contribution is 2.37. The van der Waals surface area contributed by atoms with E-state index in [4.69, 9.17) is 32.8 Å². The van der Waals surface area contributed by atoms with Gasteiger partial charge in [-0.3, -0.25) is 4.79 Å². The molecule has 4 heterocycles. The summed E-state index contributed by atoms with van der Waals surface area (Å²) in [6.45, 7) is 0.708. The molecular weight excluding hydrogens is 732 g/mol. The number of aliphatic hydroxyl groups excluding tert-OH is 8. The number of hydrogen-bond donors (Lipinski definition) is 12. The highest BCUT2D eigenvalue weighted by molar-refractivity contribution is 5.86. The smallest absolute Gasteiger partial charge is 0.335 e. The average molecular weight is 771 g/mol. The second-order valence-corrected chi connectivity index (χ2v) is 13.0. The van der Waals surface area contributed by atoms with Crippen molar-refractivity contribution >= 4 is 16.9 Å². The molecule has 0 amide bonds. The quantitative estimate of drug-likeness (QED) is 0.0940. The first kappa shape index (κ1) is 39.5. The van der Waals surface area contributed by atoms with E-state index < -0.39 is 127 Å². The van der Waals surface area contributed by atoms with E-state index in [1.165, 1.54) is 13.0 Å². The largest absolute Gasteiger partial charge is 0.507 e. The number of aliphatic carboxylic acids is 1. The van der Waals surface area contributed by atoms with E-state index in [1.807, 2.05) is 0 Å². The molecule has 296 valence electrons. The Morgan fingerprint density at radius 1 is 0.704 bits per heavy atom. The predicted octanol–water partition coefficient (Wildman–Crippen LogP) is -3.48. The molecule has 6 rings (SSSR count). The van der Waals surface area contributed by atoms with E-state index in [0.717, 1.165) is 30.3 Å². The van der Waals surface area contributed by atoms with Crippen molar-refractivity contribution in [3.05, 3.63) is 46.6 Å². The number of phenols is 3. The number of carboxylic acids is 1. The van der Waals surface area contributed by atoms with Crippen molar-refractivity contribution in [2.45, 2.75) is 99.0 Å². The molecule has 3 aliphatic rings. The van der Waals surface area contributed by atoms with Crippen LogP contribution in [0.3, 0.4) is 0 Å². The van der Waals surface area contributed by atoms with Gasteiger partial charge in [0.25, 0.3) is 0 Å². The van der Waals surface area contributed by atoms with E-state index >= 15 is 0 Å². The summed E-state index contributed by atoms with van der Waals surface area (Å²) in [4.78, 5) is 24.7. The van der Waals surface area contributed by atoms with Crippen LogP contribution in [-0.4, -0.2) is 166 Å². The molecular formula is C33H38O21. The van der Waals surface area contributed by atoms with Gasteiger partial charge in [-0.2, -0.15) is 0 Å². The Balaban J connectivity index is 1.32. The lowest BCUT2D eigenvalue weighted by Gasteiger charge is -2.46. The molecule has 15 atom stereocenters. The van der Waals surface area contributed by atoms with Crippen LogP contribution in [0.1, 0.15) is 6.92 Å². The third kappa shape index (κ3) is 7.54. The SMILES string of the molecule is CC1OC(OCC2OC(Oc3cc(O)c4c(=O)cc(-c5ccc(O)c(O)c5)oc4c3)C(OC3OC(C(=O)O)C(O)C(O)C3O)C(O)C2O)C(O)C(O)C1O. The second kappa shape index (κ2) is 15.5. The maximum atomic E-state index is 13.0. The van der Waals surface area contributed by atoms with Gasteiger partial charge in [0.1, 0.15) is 83.2 Å². The summed E-state index contributed by atoms with van der Waals surface area (Å²) in [6.07, 6.45) is -27.4. The summed E-state index contributed by atoms with van der Waals surface area (Å²) in [5.74, 6) is -3.83. The van der Waals surface area contributed by atoms with Crippen LogP contribution in [0.4, 0.5) is 0 Å². The number of benzene rings is 2. The molecule has 1 aromatic heterocycles. The number of hydrogen-bond acceptors (Lipinski definition) is 20. The number of aliphatic hydroxyl groups is 8. The molecule has 54 heavy (non-hydrogen) atoms. The molecule has 12 N–H and O–H groups in total. The van der Waals surface area contributed by atoms with Gasteiger partial charge < -0.3 is 94.1 Å². The Bertz CT molecular complexity index is 1880. The Hall–Kier alpha value is -4.20. The number of carbonyl (C=O) groups is 1. The lowest BCUT2D eigenvalue weighted by Crippen LogP contribution is -2.66. The van der Waals surface area contributed by atoms with Gasteiger partial charge in [0, 0.05) is 23.8 Å². The summed E-state index contributed by atoms with van der Waals surface area (Å²) in [6, 6.07) is 6.66. The zero-order chi connectivity index (χ0) is 39.3. The van der Waals surface area contributed by atoms with E-state index in [9.17, 15) is 70.9 Å². The van der Waals surface area contributed by atoms with Crippen molar-refractivity contribution in [2.75, 3.05) is 6.61 Å². The van der Waals surface area contributed by atoms with E-state index in [1.54, 1.807) is 0 Å². The van der Waals surface area contributed by atoms with E-state index in [-0.39, 0.29) is 28.0 Å². The Morgan fingerprint density at radius 2 is 1.39 bits per heavy atom. The van der Waals surface area contributed by atoms with Gasteiger partial charge in [-0.15, -0.1) is 0 Å². The minimum atomic E-state index is -2.12. The van der Waals surface area contributed by atoms with Crippen LogP contribution in [0, 0.1) is 0 Å². The van der Waals surface area contributed by atoms with Gasteiger partial charge in [-0.25, -0.2) is 4.79 Å². The Kier molecular flexibility index (Phi) is 11.3. The molecule has 15 unspecified atom stereocenters. The fourth-order valence-electron chi connectivity index (χ4n) is 6.21. The van der Waals surface area contributed by atoms with Crippen LogP contribution in [0.2, 0.25) is 0 Å². The first-order valence-electron chi connectivity index (χ1n) is 16.4. The summed E-state index contributed by atoms with van der Waals surface area (Å²) < 4.78 is 39.3. The first-order chi connectivity index (χ1) is 25.5. The molecule has 3 aliphatic heterocycles. The van der Waals surface area contributed by atoms with Crippen LogP contribution < -0.4 is 10.2 Å². The van der Waals surface area contributed by atoms with E-state index in [2.05, 4.69) is 0 Å². The van der Waals surface area contributed by atoms with Crippen molar-refractivity contribution in [1.29, 1.82) is 0 Å². The Labute approximate surface area is 302 Å². The van der Waals surface area contributed by atoms with Crippen LogP contribution >= 0.6 is 0 Å². The fourth-order valence-corrected chi connectivity index (χ4v) is 6.21. The number of aromatic hydroxyl groups is 3. The number of ether oxygens (including phenoxy) is 6. The summed E-state index contributed by atoms with van der Waals surface area (Å²) in [5, 5.41) is 123. The van der Waals surface area contributed by atoms with Crippen molar-refractivity contribution in [3.8, 4) is 34.3 Å². The number of phenolic OH excluding ortho intramolecular Hbond substituents is 3. The third-order valence-corrected chi connectivity index (χ3v) is 9.28. The van der Waals surface area contributed by atoms with Gasteiger partial charge in [0.2, 0.25) is 6.29 Å². The zero-order valence-corrected chi connectivity index (χ0v) is 27.9. The van der Waals surface area contributed by atoms with Gasteiger partial charge in [-0.1, -0.05) is 0 Å². The topological polar surface area (TPSA) is 345 Å². The molecule has 3 fully saturated rings.